The highest BCUT2D eigenvalue weighted by Gasteiger charge is 2.38. The Bertz CT molecular complexity index is 476. The molecule has 6 heteroatoms. The summed E-state index contributed by atoms with van der Waals surface area (Å²) in [7, 11) is 0. The number of halogens is 3. The van der Waals surface area contributed by atoms with E-state index in [0.717, 1.165) is 5.56 Å². The van der Waals surface area contributed by atoms with Crippen molar-refractivity contribution in [2.75, 3.05) is 6.54 Å². The fraction of sp³-hybridized carbons (Fsp3) is 0.533. The van der Waals surface area contributed by atoms with Crippen LogP contribution in [0.25, 0.3) is 0 Å². The molecule has 1 heterocycles. The van der Waals surface area contributed by atoms with Gasteiger partial charge in [-0.15, -0.1) is 0 Å². The van der Waals surface area contributed by atoms with Crippen LogP contribution in [-0.4, -0.2) is 29.7 Å². The molecule has 1 N–H and O–H groups in total. The van der Waals surface area contributed by atoms with Crippen LogP contribution in [0.3, 0.4) is 0 Å². The van der Waals surface area contributed by atoms with Crippen molar-refractivity contribution >= 4 is 5.91 Å². The molecule has 3 nitrogen and oxygen atoms in total. The first-order valence-corrected chi connectivity index (χ1v) is 7.10. The highest BCUT2D eigenvalue weighted by atomic mass is 19.4. The minimum atomic E-state index is -4.17. The van der Waals surface area contributed by atoms with Crippen LogP contribution in [0.4, 0.5) is 13.2 Å². The normalized spacial score (nSPS) is 22.9. The minimum absolute atomic E-state index is 0.0606. The molecule has 21 heavy (non-hydrogen) atoms. The third-order valence-corrected chi connectivity index (χ3v) is 3.64. The fourth-order valence-electron chi connectivity index (χ4n) is 2.61. The van der Waals surface area contributed by atoms with Crippen molar-refractivity contribution in [3.63, 3.8) is 0 Å². The second-order valence-corrected chi connectivity index (χ2v) is 5.18. The highest BCUT2D eigenvalue weighted by molar-refractivity contribution is 5.85. The van der Waals surface area contributed by atoms with E-state index in [1.807, 2.05) is 37.3 Å². The van der Waals surface area contributed by atoms with Crippen LogP contribution >= 0.6 is 0 Å². The quantitative estimate of drug-likeness (QED) is 0.905. The molecule has 1 aromatic rings. The smallest absolute Gasteiger partial charge is 0.325 e. The van der Waals surface area contributed by atoms with E-state index in [9.17, 15) is 18.0 Å². The van der Waals surface area contributed by atoms with Crippen LogP contribution in [0, 0.1) is 0 Å². The highest BCUT2D eigenvalue weighted by Crippen LogP contribution is 2.27. The van der Waals surface area contributed by atoms with E-state index in [1.54, 1.807) is 0 Å². The Kier molecular flexibility index (Phi) is 4.88. The van der Waals surface area contributed by atoms with Crippen LogP contribution in [0.2, 0.25) is 0 Å². The van der Waals surface area contributed by atoms with Crippen molar-refractivity contribution in [1.29, 1.82) is 0 Å². The second kappa shape index (κ2) is 6.47. The maximum atomic E-state index is 12.4. The molecule has 1 aliphatic heterocycles. The summed E-state index contributed by atoms with van der Waals surface area (Å²) < 4.78 is 36.7. The lowest BCUT2D eigenvalue weighted by Crippen LogP contribution is -2.37. The predicted octanol–water partition coefficient (Wildman–Crippen LogP) is 3.24. The van der Waals surface area contributed by atoms with E-state index < -0.39 is 18.6 Å². The van der Waals surface area contributed by atoms with Gasteiger partial charge in [-0.2, -0.15) is 13.2 Å². The number of rotatable bonds is 5. The summed E-state index contributed by atoms with van der Waals surface area (Å²) in [5.41, 5.74) is 0.847. The Hall–Kier alpha value is -1.56. The molecule has 1 aromatic carbocycles. The summed E-state index contributed by atoms with van der Waals surface area (Å²) in [5, 5.41) is 3.20. The number of nitrogens with one attached hydrogen (secondary N) is 1. The number of hydrogen-bond donors (Lipinski definition) is 1. The molecule has 2 atom stereocenters. The SMILES string of the molecule is CCC1NC(c2ccccc2)C(=O)N1CCCC(F)(F)F. The third kappa shape index (κ3) is 3.97. The molecular weight excluding hydrogens is 281 g/mol. The first-order chi connectivity index (χ1) is 9.92. The van der Waals surface area contributed by atoms with Gasteiger partial charge in [0.1, 0.15) is 6.04 Å². The van der Waals surface area contributed by atoms with E-state index in [1.165, 1.54) is 4.90 Å². The van der Waals surface area contributed by atoms with Gasteiger partial charge in [0.15, 0.2) is 0 Å². The zero-order valence-corrected chi connectivity index (χ0v) is 11.9. The van der Waals surface area contributed by atoms with Gasteiger partial charge in [0.05, 0.1) is 6.17 Å². The summed E-state index contributed by atoms with van der Waals surface area (Å²) in [6.45, 7) is 2.04. The Morgan fingerprint density at radius 1 is 1.24 bits per heavy atom. The molecule has 0 bridgehead atoms. The zero-order chi connectivity index (χ0) is 15.5. The van der Waals surface area contributed by atoms with Crippen molar-refractivity contribution in [3.8, 4) is 0 Å². The van der Waals surface area contributed by atoms with Gasteiger partial charge in [-0.3, -0.25) is 10.1 Å². The Labute approximate surface area is 122 Å². The summed E-state index contributed by atoms with van der Waals surface area (Å²) in [6, 6.07) is 8.79. The number of amides is 1. The predicted molar refractivity (Wildman–Crippen MR) is 73.4 cm³/mol. The van der Waals surface area contributed by atoms with Gasteiger partial charge in [0.2, 0.25) is 5.91 Å². The molecule has 0 radical (unpaired) electrons. The summed E-state index contributed by atoms with van der Waals surface area (Å²) in [6.07, 6.45) is -4.62. The van der Waals surface area contributed by atoms with Gasteiger partial charge < -0.3 is 4.90 Å². The van der Waals surface area contributed by atoms with Gasteiger partial charge in [0.25, 0.3) is 0 Å². The topological polar surface area (TPSA) is 32.3 Å². The van der Waals surface area contributed by atoms with Crippen LogP contribution in [0.15, 0.2) is 30.3 Å². The maximum absolute atomic E-state index is 12.4. The molecule has 0 saturated carbocycles. The average molecular weight is 300 g/mol. The standard InChI is InChI=1S/C15H19F3N2O/c1-2-12-19-13(11-7-4-3-5-8-11)14(21)20(12)10-6-9-15(16,17)18/h3-5,7-8,12-13,19H,2,6,9-10H2,1H3. The van der Waals surface area contributed by atoms with Crippen molar-refractivity contribution in [2.24, 2.45) is 0 Å². The van der Waals surface area contributed by atoms with Gasteiger partial charge in [-0.05, 0) is 18.4 Å². The molecule has 2 unspecified atom stereocenters. The molecule has 1 amide bonds. The molecule has 0 aliphatic carbocycles. The zero-order valence-electron chi connectivity index (χ0n) is 11.9. The first-order valence-electron chi connectivity index (χ1n) is 7.10. The van der Waals surface area contributed by atoms with Crippen LogP contribution in [-0.2, 0) is 4.79 Å². The number of alkyl halides is 3. The van der Waals surface area contributed by atoms with Crippen LogP contribution < -0.4 is 5.32 Å². The fourth-order valence-corrected chi connectivity index (χ4v) is 2.61. The molecule has 116 valence electrons. The largest absolute Gasteiger partial charge is 0.389 e. The lowest BCUT2D eigenvalue weighted by molar-refractivity contribution is -0.140. The maximum Gasteiger partial charge on any atom is 0.389 e. The number of carbonyl (C=O) groups is 1. The minimum Gasteiger partial charge on any atom is -0.325 e. The molecule has 1 fully saturated rings. The van der Waals surface area contributed by atoms with Gasteiger partial charge >= 0.3 is 6.18 Å². The van der Waals surface area contributed by atoms with E-state index in [0.29, 0.717) is 6.42 Å². The van der Waals surface area contributed by atoms with E-state index >= 15 is 0 Å². The molecule has 2 rings (SSSR count). The molecule has 0 aromatic heterocycles. The molecular formula is C15H19F3N2O. The number of nitrogens with zero attached hydrogens (tertiary/aromatic N) is 1. The van der Waals surface area contributed by atoms with Crippen molar-refractivity contribution in [2.45, 2.75) is 44.6 Å². The Morgan fingerprint density at radius 3 is 2.48 bits per heavy atom. The van der Waals surface area contributed by atoms with E-state index in [-0.39, 0.29) is 25.0 Å². The van der Waals surface area contributed by atoms with Crippen molar-refractivity contribution < 1.29 is 18.0 Å². The number of benzene rings is 1. The molecule has 1 aliphatic rings. The first kappa shape index (κ1) is 15.8. The van der Waals surface area contributed by atoms with Gasteiger partial charge in [0, 0.05) is 13.0 Å². The van der Waals surface area contributed by atoms with Crippen molar-refractivity contribution in [1.82, 2.24) is 10.2 Å². The van der Waals surface area contributed by atoms with E-state index in [4.69, 9.17) is 0 Å². The van der Waals surface area contributed by atoms with Crippen molar-refractivity contribution in [3.05, 3.63) is 35.9 Å². The number of carbonyl (C=O) groups excluding carboxylic acids is 1. The van der Waals surface area contributed by atoms with Crippen LogP contribution in [0.5, 0.6) is 0 Å². The monoisotopic (exact) mass is 300 g/mol. The number of hydrogen-bond acceptors (Lipinski definition) is 2. The Morgan fingerprint density at radius 2 is 1.90 bits per heavy atom. The lowest BCUT2D eigenvalue weighted by atomic mass is 10.1. The van der Waals surface area contributed by atoms with Gasteiger partial charge in [-0.25, -0.2) is 0 Å². The summed E-state index contributed by atoms with van der Waals surface area (Å²) >= 11 is 0. The van der Waals surface area contributed by atoms with E-state index in [2.05, 4.69) is 5.32 Å². The average Bonchev–Trinajstić information content (AvgIpc) is 2.75. The summed E-state index contributed by atoms with van der Waals surface area (Å²) in [5.74, 6) is -0.143. The second-order valence-electron chi connectivity index (χ2n) is 5.18. The molecule has 0 spiro atoms. The Balaban J connectivity index is 2.02. The van der Waals surface area contributed by atoms with Crippen LogP contribution in [0.1, 0.15) is 37.8 Å². The third-order valence-electron chi connectivity index (χ3n) is 3.64. The molecule has 1 saturated heterocycles. The lowest BCUT2D eigenvalue weighted by Gasteiger charge is -2.23. The van der Waals surface area contributed by atoms with Gasteiger partial charge in [-0.1, -0.05) is 37.3 Å². The summed E-state index contributed by atoms with van der Waals surface area (Å²) in [4.78, 5) is 13.9.